The minimum Gasteiger partial charge on any atom is -0.386 e. The van der Waals surface area contributed by atoms with Gasteiger partial charge in [0.25, 0.3) is 0 Å². The highest BCUT2D eigenvalue weighted by Crippen LogP contribution is 1.95. The van der Waals surface area contributed by atoms with Crippen molar-refractivity contribution in [1.29, 1.82) is 5.41 Å². The molecule has 78 valence electrons. The third-order valence-electron chi connectivity index (χ3n) is 1.59. The quantitative estimate of drug-likeness (QED) is 0.423. The highest BCUT2D eigenvalue weighted by atomic mass is 32.2. The summed E-state index contributed by atoms with van der Waals surface area (Å²) in [6.45, 7) is 3.47. The molecule has 1 atom stereocenters. The predicted molar refractivity (Wildman–Crippen MR) is 53.2 cm³/mol. The maximum absolute atomic E-state index is 11.2. The average Bonchev–Trinajstić information content (AvgIpc) is 2.00. The first kappa shape index (κ1) is 12.4. The number of rotatable bonds is 6. The number of unbranched alkanes of at least 4 members (excludes halogenated alkanes) is 1. The van der Waals surface area contributed by atoms with Crippen LogP contribution in [-0.2, 0) is 10.0 Å². The number of sulfonamides is 1. The lowest BCUT2D eigenvalue weighted by molar-refractivity contribution is 0.574. The first-order chi connectivity index (χ1) is 5.89. The number of nitrogens with one attached hydrogen (secondary N) is 2. The van der Waals surface area contributed by atoms with Crippen LogP contribution in [0.5, 0.6) is 0 Å². The maximum atomic E-state index is 11.2. The van der Waals surface area contributed by atoms with E-state index >= 15 is 0 Å². The molecule has 0 aromatic heterocycles. The highest BCUT2D eigenvalue weighted by Gasteiger charge is 2.14. The maximum Gasteiger partial charge on any atom is 0.212 e. The largest absolute Gasteiger partial charge is 0.386 e. The van der Waals surface area contributed by atoms with Crippen LogP contribution in [0.25, 0.3) is 0 Å². The summed E-state index contributed by atoms with van der Waals surface area (Å²) in [6.07, 6.45) is 1.45. The second-order valence-electron chi connectivity index (χ2n) is 2.97. The van der Waals surface area contributed by atoms with Gasteiger partial charge in [-0.2, -0.15) is 0 Å². The Morgan fingerprint density at radius 3 is 2.54 bits per heavy atom. The van der Waals surface area contributed by atoms with Gasteiger partial charge < -0.3 is 5.73 Å². The molecule has 0 rings (SSSR count). The zero-order valence-electron chi connectivity index (χ0n) is 8.00. The summed E-state index contributed by atoms with van der Waals surface area (Å²) in [4.78, 5) is 0. The zero-order chi connectivity index (χ0) is 10.5. The first-order valence-corrected chi connectivity index (χ1v) is 5.88. The van der Waals surface area contributed by atoms with Gasteiger partial charge in [0.1, 0.15) is 5.84 Å². The molecule has 0 aromatic carbocycles. The second-order valence-corrected chi connectivity index (χ2v) is 4.84. The number of nitrogens with two attached hydrogens (primary N) is 1. The Hall–Kier alpha value is -0.620. The normalized spacial score (nSPS) is 14.0. The van der Waals surface area contributed by atoms with E-state index in [0.717, 1.165) is 6.42 Å². The van der Waals surface area contributed by atoms with Gasteiger partial charge in [-0.05, 0) is 13.3 Å². The second kappa shape index (κ2) is 5.18. The van der Waals surface area contributed by atoms with E-state index in [1.165, 1.54) is 0 Å². The molecular weight excluding hydrogens is 190 g/mol. The van der Waals surface area contributed by atoms with Crippen molar-refractivity contribution in [3.05, 3.63) is 0 Å². The lowest BCUT2D eigenvalue weighted by Gasteiger charge is -2.11. The SMILES string of the molecule is CCCCS(=O)(=O)NC(C)C(=N)N. The average molecular weight is 207 g/mol. The summed E-state index contributed by atoms with van der Waals surface area (Å²) >= 11 is 0. The molecule has 0 aliphatic rings. The monoisotopic (exact) mass is 207 g/mol. The summed E-state index contributed by atoms with van der Waals surface area (Å²) in [5.41, 5.74) is 5.13. The van der Waals surface area contributed by atoms with E-state index in [9.17, 15) is 8.42 Å². The third kappa shape index (κ3) is 5.59. The molecule has 4 N–H and O–H groups in total. The van der Waals surface area contributed by atoms with Crippen molar-refractivity contribution in [2.24, 2.45) is 5.73 Å². The standard InChI is InChI=1S/C7H17N3O2S/c1-3-4-5-13(11,12)10-6(2)7(8)9/h6,10H,3-5H2,1-2H3,(H3,8,9). The van der Waals surface area contributed by atoms with Crippen molar-refractivity contribution in [1.82, 2.24) is 4.72 Å². The van der Waals surface area contributed by atoms with Crippen LogP contribution in [0.2, 0.25) is 0 Å². The molecule has 13 heavy (non-hydrogen) atoms. The van der Waals surface area contributed by atoms with Crippen molar-refractivity contribution >= 4 is 15.9 Å². The van der Waals surface area contributed by atoms with Crippen LogP contribution in [0.15, 0.2) is 0 Å². The van der Waals surface area contributed by atoms with Crippen molar-refractivity contribution in [3.63, 3.8) is 0 Å². The molecule has 1 unspecified atom stereocenters. The van der Waals surface area contributed by atoms with Crippen molar-refractivity contribution in [2.45, 2.75) is 32.7 Å². The number of hydrogen-bond acceptors (Lipinski definition) is 3. The summed E-state index contributed by atoms with van der Waals surface area (Å²) < 4.78 is 24.8. The molecule has 0 saturated carbocycles. The highest BCUT2D eigenvalue weighted by molar-refractivity contribution is 7.89. The molecular formula is C7H17N3O2S. The molecule has 0 aromatic rings. The molecule has 0 heterocycles. The van der Waals surface area contributed by atoms with Gasteiger partial charge in [0.05, 0.1) is 11.8 Å². The van der Waals surface area contributed by atoms with E-state index in [1.807, 2.05) is 6.92 Å². The molecule has 0 aliphatic heterocycles. The summed E-state index contributed by atoms with van der Waals surface area (Å²) in [5.74, 6) is -0.0683. The van der Waals surface area contributed by atoms with Gasteiger partial charge in [-0.1, -0.05) is 13.3 Å². The van der Waals surface area contributed by atoms with Gasteiger partial charge in [-0.15, -0.1) is 0 Å². The summed E-state index contributed by atoms with van der Waals surface area (Å²) in [6, 6.07) is -0.609. The minimum absolute atomic E-state index is 0.0983. The Morgan fingerprint density at radius 1 is 1.62 bits per heavy atom. The van der Waals surface area contributed by atoms with Crippen LogP contribution in [0.3, 0.4) is 0 Å². The smallest absolute Gasteiger partial charge is 0.212 e. The summed E-state index contributed by atoms with van der Waals surface area (Å²) in [5, 5.41) is 7.01. The Labute approximate surface area is 79.3 Å². The lowest BCUT2D eigenvalue weighted by atomic mass is 10.3. The van der Waals surface area contributed by atoms with Gasteiger partial charge in [0, 0.05) is 0 Å². The molecule has 0 fully saturated rings. The van der Waals surface area contributed by atoms with Gasteiger partial charge >= 0.3 is 0 Å². The third-order valence-corrected chi connectivity index (χ3v) is 3.13. The minimum atomic E-state index is -3.26. The van der Waals surface area contributed by atoms with Gasteiger partial charge in [-0.3, -0.25) is 5.41 Å². The molecule has 0 spiro atoms. The topological polar surface area (TPSA) is 96.0 Å². The Bertz CT molecular complexity index is 261. The van der Waals surface area contributed by atoms with Crippen molar-refractivity contribution in [3.8, 4) is 0 Å². The fourth-order valence-corrected chi connectivity index (χ4v) is 2.18. The zero-order valence-corrected chi connectivity index (χ0v) is 8.82. The molecule has 0 bridgehead atoms. The predicted octanol–water partition coefficient (Wildman–Crippen LogP) is 0.0304. The van der Waals surface area contributed by atoms with E-state index in [4.69, 9.17) is 11.1 Å². The van der Waals surface area contributed by atoms with E-state index in [2.05, 4.69) is 4.72 Å². The Morgan fingerprint density at radius 2 is 2.15 bits per heavy atom. The molecule has 0 radical (unpaired) electrons. The number of hydrogen-bond donors (Lipinski definition) is 3. The number of amidine groups is 1. The van der Waals surface area contributed by atoms with E-state index in [0.29, 0.717) is 6.42 Å². The van der Waals surface area contributed by atoms with Crippen LogP contribution in [0.1, 0.15) is 26.7 Å². The molecule has 0 saturated heterocycles. The van der Waals surface area contributed by atoms with Gasteiger partial charge in [0.2, 0.25) is 10.0 Å². The van der Waals surface area contributed by atoms with E-state index < -0.39 is 16.1 Å². The van der Waals surface area contributed by atoms with Gasteiger partial charge in [-0.25, -0.2) is 13.1 Å². The van der Waals surface area contributed by atoms with Crippen LogP contribution in [-0.4, -0.2) is 26.0 Å². The fraction of sp³-hybridized carbons (Fsp3) is 0.857. The molecule has 0 amide bonds. The lowest BCUT2D eigenvalue weighted by Crippen LogP contribution is -2.42. The van der Waals surface area contributed by atoms with Crippen molar-refractivity contribution in [2.75, 3.05) is 5.75 Å². The van der Waals surface area contributed by atoms with Crippen LogP contribution in [0.4, 0.5) is 0 Å². The Kier molecular flexibility index (Phi) is 4.94. The molecule has 0 aliphatic carbocycles. The Balaban J connectivity index is 4.10. The van der Waals surface area contributed by atoms with Crippen LogP contribution < -0.4 is 10.5 Å². The van der Waals surface area contributed by atoms with Gasteiger partial charge in [0.15, 0.2) is 0 Å². The van der Waals surface area contributed by atoms with Crippen LogP contribution >= 0.6 is 0 Å². The molecule has 5 nitrogen and oxygen atoms in total. The fourth-order valence-electron chi connectivity index (χ4n) is 0.726. The first-order valence-electron chi connectivity index (χ1n) is 4.23. The summed E-state index contributed by atoms with van der Waals surface area (Å²) in [7, 11) is -3.26. The van der Waals surface area contributed by atoms with E-state index in [-0.39, 0.29) is 11.6 Å². The van der Waals surface area contributed by atoms with Crippen molar-refractivity contribution < 1.29 is 8.42 Å². The van der Waals surface area contributed by atoms with E-state index in [1.54, 1.807) is 6.92 Å². The van der Waals surface area contributed by atoms with Crippen LogP contribution in [0, 0.1) is 5.41 Å². The molecule has 6 heteroatoms.